The molecule has 120 valence electrons. The number of carbonyl (C=O) groups excluding carboxylic acids is 1. The molecule has 0 aromatic heterocycles. The molecule has 0 aromatic rings. The molecule has 7 heteroatoms. The Kier molecular flexibility index (Phi) is 5.81. The molecule has 0 radical (unpaired) electrons. The molecule has 2 N–H and O–H groups in total. The van der Waals surface area contributed by atoms with Gasteiger partial charge in [0.2, 0.25) is 0 Å². The van der Waals surface area contributed by atoms with Crippen LogP contribution in [-0.2, 0) is 9.53 Å². The molecule has 2 fully saturated rings. The highest BCUT2D eigenvalue weighted by Gasteiger charge is 2.31. The highest BCUT2D eigenvalue weighted by Crippen LogP contribution is 2.20. The van der Waals surface area contributed by atoms with Gasteiger partial charge in [-0.2, -0.15) is 0 Å². The van der Waals surface area contributed by atoms with Gasteiger partial charge in [0.05, 0.1) is 19.6 Å². The molecular weight excluding hydrogens is 274 g/mol. The number of amides is 2. The highest BCUT2D eigenvalue weighted by atomic mass is 16.5. The fourth-order valence-electron chi connectivity index (χ4n) is 3.03. The number of urea groups is 1. The fourth-order valence-corrected chi connectivity index (χ4v) is 3.03. The Labute approximate surface area is 125 Å². The molecule has 2 saturated heterocycles. The summed E-state index contributed by atoms with van der Waals surface area (Å²) < 4.78 is 5.30. The van der Waals surface area contributed by atoms with E-state index in [0.717, 1.165) is 45.7 Å². The minimum absolute atomic E-state index is 0.0330. The van der Waals surface area contributed by atoms with Crippen LogP contribution >= 0.6 is 0 Å². The first-order chi connectivity index (χ1) is 10.1. The lowest BCUT2D eigenvalue weighted by Gasteiger charge is -2.31. The van der Waals surface area contributed by atoms with E-state index in [1.807, 2.05) is 6.92 Å². The number of likely N-dealkylation sites (tertiary alicyclic amines) is 1. The third-order valence-electron chi connectivity index (χ3n) is 4.05. The van der Waals surface area contributed by atoms with Crippen molar-refractivity contribution in [3.63, 3.8) is 0 Å². The number of nitrogens with zero attached hydrogens (tertiary/aromatic N) is 2. The Bertz CT molecular complexity index is 371. The van der Waals surface area contributed by atoms with Crippen LogP contribution in [0.4, 0.5) is 4.79 Å². The van der Waals surface area contributed by atoms with Gasteiger partial charge in [-0.05, 0) is 19.8 Å². The number of carbonyl (C=O) groups is 2. The van der Waals surface area contributed by atoms with Crippen LogP contribution in [0.25, 0.3) is 0 Å². The standard InChI is InChI=1S/C14H25N3O4/c1-11(10-16-5-7-21-8-6-16)15-14(20)17-4-2-3-12(17)9-13(18)19/h11-12H,2-10H2,1H3,(H,15,20)(H,18,19). The third kappa shape index (κ3) is 4.86. The van der Waals surface area contributed by atoms with Crippen LogP contribution in [0.1, 0.15) is 26.2 Å². The van der Waals surface area contributed by atoms with Gasteiger partial charge in [0, 0.05) is 38.3 Å². The average molecular weight is 299 g/mol. The maximum absolute atomic E-state index is 12.3. The smallest absolute Gasteiger partial charge is 0.317 e. The zero-order valence-electron chi connectivity index (χ0n) is 12.6. The third-order valence-corrected chi connectivity index (χ3v) is 4.05. The van der Waals surface area contributed by atoms with Crippen molar-refractivity contribution in [2.45, 2.75) is 38.3 Å². The summed E-state index contributed by atoms with van der Waals surface area (Å²) in [5.74, 6) is -0.846. The van der Waals surface area contributed by atoms with Crippen LogP contribution in [0, 0.1) is 0 Å². The summed E-state index contributed by atoms with van der Waals surface area (Å²) in [6.45, 7) is 6.70. The molecule has 2 aliphatic rings. The number of rotatable bonds is 5. The van der Waals surface area contributed by atoms with Crippen molar-refractivity contribution in [2.75, 3.05) is 39.4 Å². The molecular formula is C14H25N3O4. The summed E-state index contributed by atoms with van der Waals surface area (Å²) in [5, 5.41) is 11.9. The van der Waals surface area contributed by atoms with Gasteiger partial charge in [0.25, 0.3) is 0 Å². The second-order valence-electron chi connectivity index (χ2n) is 5.85. The van der Waals surface area contributed by atoms with E-state index in [9.17, 15) is 9.59 Å². The number of aliphatic carboxylic acids is 1. The van der Waals surface area contributed by atoms with E-state index in [1.54, 1.807) is 4.90 Å². The van der Waals surface area contributed by atoms with E-state index in [2.05, 4.69) is 10.2 Å². The van der Waals surface area contributed by atoms with Crippen molar-refractivity contribution in [3.8, 4) is 0 Å². The number of carboxylic acids is 1. The molecule has 0 aromatic carbocycles. The summed E-state index contributed by atoms with van der Waals surface area (Å²) in [5.41, 5.74) is 0. The van der Waals surface area contributed by atoms with Crippen LogP contribution in [0.3, 0.4) is 0 Å². The predicted molar refractivity (Wildman–Crippen MR) is 77.2 cm³/mol. The lowest BCUT2D eigenvalue weighted by atomic mass is 10.1. The van der Waals surface area contributed by atoms with E-state index >= 15 is 0 Å². The molecule has 0 saturated carbocycles. The maximum Gasteiger partial charge on any atom is 0.317 e. The number of ether oxygens (including phenoxy) is 1. The van der Waals surface area contributed by atoms with Gasteiger partial charge >= 0.3 is 12.0 Å². The Morgan fingerprint density at radius 2 is 2.05 bits per heavy atom. The second-order valence-corrected chi connectivity index (χ2v) is 5.85. The summed E-state index contributed by atoms with van der Waals surface area (Å²) in [6.07, 6.45) is 1.69. The van der Waals surface area contributed by atoms with Crippen LogP contribution < -0.4 is 5.32 Å². The molecule has 21 heavy (non-hydrogen) atoms. The largest absolute Gasteiger partial charge is 0.481 e. The molecule has 2 unspecified atom stereocenters. The van der Waals surface area contributed by atoms with Crippen molar-refractivity contribution in [3.05, 3.63) is 0 Å². The maximum atomic E-state index is 12.3. The van der Waals surface area contributed by atoms with Crippen molar-refractivity contribution in [1.82, 2.24) is 15.1 Å². The van der Waals surface area contributed by atoms with Crippen molar-refractivity contribution in [1.29, 1.82) is 0 Å². The summed E-state index contributed by atoms with van der Waals surface area (Å²) in [4.78, 5) is 27.0. The van der Waals surface area contributed by atoms with Crippen molar-refractivity contribution in [2.24, 2.45) is 0 Å². The molecule has 2 amide bonds. The normalized spacial score (nSPS) is 24.8. The Balaban J connectivity index is 1.78. The zero-order chi connectivity index (χ0) is 15.2. The Morgan fingerprint density at radius 1 is 1.33 bits per heavy atom. The van der Waals surface area contributed by atoms with E-state index in [0.29, 0.717) is 6.54 Å². The molecule has 2 rings (SSSR count). The molecule has 0 aliphatic carbocycles. The lowest BCUT2D eigenvalue weighted by Crippen LogP contribution is -2.51. The minimum Gasteiger partial charge on any atom is -0.481 e. The zero-order valence-corrected chi connectivity index (χ0v) is 12.6. The molecule has 7 nitrogen and oxygen atoms in total. The van der Waals surface area contributed by atoms with Crippen LogP contribution in [0.5, 0.6) is 0 Å². The molecule has 2 aliphatic heterocycles. The highest BCUT2D eigenvalue weighted by molar-refractivity contribution is 5.76. The molecule has 0 bridgehead atoms. The Hall–Kier alpha value is -1.34. The predicted octanol–water partition coefficient (Wildman–Crippen LogP) is 0.356. The summed E-state index contributed by atoms with van der Waals surface area (Å²) >= 11 is 0. The van der Waals surface area contributed by atoms with Gasteiger partial charge in [-0.25, -0.2) is 4.79 Å². The average Bonchev–Trinajstić information content (AvgIpc) is 2.87. The first-order valence-corrected chi connectivity index (χ1v) is 7.65. The van der Waals surface area contributed by atoms with E-state index in [1.165, 1.54) is 0 Å². The second kappa shape index (κ2) is 7.61. The first kappa shape index (κ1) is 16.0. The van der Waals surface area contributed by atoms with Crippen molar-refractivity contribution < 1.29 is 19.4 Å². The van der Waals surface area contributed by atoms with E-state index in [-0.39, 0.29) is 24.5 Å². The van der Waals surface area contributed by atoms with Gasteiger partial charge in [-0.3, -0.25) is 9.69 Å². The van der Waals surface area contributed by atoms with Crippen LogP contribution in [0.15, 0.2) is 0 Å². The number of hydrogen-bond donors (Lipinski definition) is 2. The van der Waals surface area contributed by atoms with Gasteiger partial charge in [-0.1, -0.05) is 0 Å². The molecule has 2 atom stereocenters. The minimum atomic E-state index is -0.846. The van der Waals surface area contributed by atoms with E-state index in [4.69, 9.17) is 9.84 Å². The van der Waals surface area contributed by atoms with Crippen molar-refractivity contribution >= 4 is 12.0 Å². The number of nitrogens with one attached hydrogen (secondary N) is 1. The van der Waals surface area contributed by atoms with E-state index < -0.39 is 5.97 Å². The summed E-state index contributed by atoms with van der Waals surface area (Å²) in [7, 11) is 0. The van der Waals surface area contributed by atoms with Gasteiger partial charge < -0.3 is 20.1 Å². The Morgan fingerprint density at radius 3 is 2.71 bits per heavy atom. The number of carboxylic acid groups (broad SMARTS) is 1. The van der Waals surface area contributed by atoms with Gasteiger partial charge in [0.15, 0.2) is 0 Å². The number of hydrogen-bond acceptors (Lipinski definition) is 4. The lowest BCUT2D eigenvalue weighted by molar-refractivity contribution is -0.137. The van der Waals surface area contributed by atoms with Gasteiger partial charge in [0.1, 0.15) is 0 Å². The number of morpholine rings is 1. The van der Waals surface area contributed by atoms with Crippen LogP contribution in [-0.4, -0.2) is 78.4 Å². The SMILES string of the molecule is CC(CN1CCOCC1)NC(=O)N1CCCC1CC(=O)O. The van der Waals surface area contributed by atoms with Crippen LogP contribution in [0.2, 0.25) is 0 Å². The summed E-state index contributed by atoms with van der Waals surface area (Å²) in [6, 6.07) is -0.265. The fraction of sp³-hybridized carbons (Fsp3) is 0.857. The first-order valence-electron chi connectivity index (χ1n) is 7.65. The quantitative estimate of drug-likeness (QED) is 0.766. The molecule has 0 spiro atoms. The topological polar surface area (TPSA) is 82.1 Å². The van der Waals surface area contributed by atoms with Gasteiger partial charge in [-0.15, -0.1) is 0 Å². The monoisotopic (exact) mass is 299 g/mol. The molecule has 2 heterocycles.